The fourth-order valence-electron chi connectivity index (χ4n) is 2.16. The third kappa shape index (κ3) is 2.35. The van der Waals surface area contributed by atoms with E-state index in [1.54, 1.807) is 22.3 Å². The summed E-state index contributed by atoms with van der Waals surface area (Å²) in [7, 11) is 1.76. The molecule has 0 spiro atoms. The van der Waals surface area contributed by atoms with Gasteiger partial charge in [-0.25, -0.2) is 9.50 Å². The Hall–Kier alpha value is -2.77. The van der Waals surface area contributed by atoms with Gasteiger partial charge in [-0.2, -0.15) is 10.1 Å². The zero-order chi connectivity index (χ0) is 15.1. The lowest BCUT2D eigenvalue weighted by molar-refractivity contribution is 0.101. The predicted octanol–water partition coefficient (Wildman–Crippen LogP) is 1.04. The van der Waals surface area contributed by atoms with Crippen molar-refractivity contribution in [2.24, 2.45) is 7.05 Å². The quantitative estimate of drug-likeness (QED) is 0.759. The standard InChI is InChI=1S/C13H15N7O/c1-7-5-9(3)20-13(14-7)16-11(18-20)12(21)15-10-6-8(2)17-19(10)4/h5-6H,1-4H3,(H,15,21). The van der Waals surface area contributed by atoms with Gasteiger partial charge >= 0.3 is 0 Å². The molecule has 0 atom stereocenters. The highest BCUT2D eigenvalue weighted by Crippen LogP contribution is 2.10. The predicted molar refractivity (Wildman–Crippen MR) is 76.2 cm³/mol. The molecule has 1 amide bonds. The molecule has 0 radical (unpaired) electrons. The number of fused-ring (bicyclic) bond motifs is 1. The van der Waals surface area contributed by atoms with Gasteiger partial charge < -0.3 is 5.32 Å². The van der Waals surface area contributed by atoms with E-state index in [-0.39, 0.29) is 11.7 Å². The molecule has 0 fully saturated rings. The summed E-state index contributed by atoms with van der Waals surface area (Å²) in [4.78, 5) is 20.6. The number of carbonyl (C=O) groups is 1. The van der Waals surface area contributed by atoms with E-state index in [4.69, 9.17) is 0 Å². The topological polar surface area (TPSA) is 90.0 Å². The minimum Gasteiger partial charge on any atom is -0.304 e. The van der Waals surface area contributed by atoms with Gasteiger partial charge in [-0.1, -0.05) is 0 Å². The first-order chi connectivity index (χ1) is 9.94. The van der Waals surface area contributed by atoms with Crippen LogP contribution in [0.1, 0.15) is 27.7 Å². The van der Waals surface area contributed by atoms with E-state index in [2.05, 4.69) is 25.5 Å². The Morgan fingerprint density at radius 3 is 2.52 bits per heavy atom. The van der Waals surface area contributed by atoms with Crippen LogP contribution in [0.25, 0.3) is 5.78 Å². The summed E-state index contributed by atoms with van der Waals surface area (Å²) in [6.07, 6.45) is 0. The molecular formula is C13H15N7O. The molecule has 0 saturated heterocycles. The van der Waals surface area contributed by atoms with Crippen molar-refractivity contribution in [1.29, 1.82) is 0 Å². The van der Waals surface area contributed by atoms with Crippen molar-refractivity contribution in [2.45, 2.75) is 20.8 Å². The SMILES string of the molecule is Cc1cc(C)n2nc(C(=O)Nc3cc(C)nn3C)nc2n1. The van der Waals surface area contributed by atoms with Crippen LogP contribution in [0.15, 0.2) is 12.1 Å². The molecule has 8 heteroatoms. The van der Waals surface area contributed by atoms with Crippen molar-refractivity contribution in [2.75, 3.05) is 5.32 Å². The molecule has 108 valence electrons. The van der Waals surface area contributed by atoms with Gasteiger partial charge in [0.25, 0.3) is 11.7 Å². The number of hydrogen-bond donors (Lipinski definition) is 1. The molecule has 21 heavy (non-hydrogen) atoms. The molecule has 1 N–H and O–H groups in total. The molecule has 3 aromatic rings. The zero-order valence-corrected chi connectivity index (χ0v) is 12.2. The second-order valence-electron chi connectivity index (χ2n) is 4.93. The molecule has 0 saturated carbocycles. The van der Waals surface area contributed by atoms with Crippen LogP contribution in [0.3, 0.4) is 0 Å². The van der Waals surface area contributed by atoms with Crippen LogP contribution in [-0.4, -0.2) is 35.3 Å². The number of rotatable bonds is 2. The van der Waals surface area contributed by atoms with Crippen LogP contribution in [0.5, 0.6) is 0 Å². The molecule has 0 unspecified atom stereocenters. The highest BCUT2D eigenvalue weighted by atomic mass is 16.2. The smallest absolute Gasteiger partial charge is 0.296 e. The van der Waals surface area contributed by atoms with Crippen LogP contribution in [0, 0.1) is 20.8 Å². The van der Waals surface area contributed by atoms with Crippen molar-refractivity contribution in [3.63, 3.8) is 0 Å². The first-order valence-corrected chi connectivity index (χ1v) is 6.47. The molecule has 0 aliphatic carbocycles. The van der Waals surface area contributed by atoms with Gasteiger partial charge in [0, 0.05) is 24.5 Å². The number of aromatic nitrogens is 6. The maximum Gasteiger partial charge on any atom is 0.296 e. The third-order valence-electron chi connectivity index (χ3n) is 3.06. The van der Waals surface area contributed by atoms with E-state index in [0.717, 1.165) is 17.1 Å². The van der Waals surface area contributed by atoms with E-state index in [0.29, 0.717) is 11.6 Å². The van der Waals surface area contributed by atoms with Gasteiger partial charge in [0.2, 0.25) is 5.82 Å². The van der Waals surface area contributed by atoms with Crippen LogP contribution < -0.4 is 5.32 Å². The Bertz CT molecular complexity index is 846. The molecular weight excluding hydrogens is 270 g/mol. The van der Waals surface area contributed by atoms with Crippen LogP contribution in [-0.2, 0) is 7.05 Å². The Morgan fingerprint density at radius 2 is 1.86 bits per heavy atom. The Labute approximate surface area is 120 Å². The lowest BCUT2D eigenvalue weighted by Gasteiger charge is -2.01. The lowest BCUT2D eigenvalue weighted by atomic mass is 10.4. The summed E-state index contributed by atoms with van der Waals surface area (Å²) in [5.74, 6) is 0.701. The summed E-state index contributed by atoms with van der Waals surface area (Å²) < 4.78 is 3.15. The second-order valence-corrected chi connectivity index (χ2v) is 4.93. The maximum atomic E-state index is 12.2. The summed E-state index contributed by atoms with van der Waals surface area (Å²) in [5.41, 5.74) is 2.53. The molecule has 0 aromatic carbocycles. The summed E-state index contributed by atoms with van der Waals surface area (Å²) in [6, 6.07) is 3.66. The summed E-state index contributed by atoms with van der Waals surface area (Å²) >= 11 is 0. The van der Waals surface area contributed by atoms with Crippen molar-refractivity contribution in [1.82, 2.24) is 29.4 Å². The van der Waals surface area contributed by atoms with Crippen molar-refractivity contribution in [3.05, 3.63) is 35.0 Å². The van der Waals surface area contributed by atoms with Gasteiger partial charge in [-0.15, -0.1) is 5.10 Å². The number of amides is 1. The van der Waals surface area contributed by atoms with Crippen molar-refractivity contribution >= 4 is 17.5 Å². The largest absolute Gasteiger partial charge is 0.304 e. The minimum atomic E-state index is -0.388. The fraction of sp³-hybridized carbons (Fsp3) is 0.308. The van der Waals surface area contributed by atoms with E-state index < -0.39 is 0 Å². The maximum absolute atomic E-state index is 12.2. The highest BCUT2D eigenvalue weighted by Gasteiger charge is 2.16. The average molecular weight is 285 g/mol. The second kappa shape index (κ2) is 4.65. The molecule has 3 heterocycles. The van der Waals surface area contributed by atoms with E-state index >= 15 is 0 Å². The Balaban J connectivity index is 1.95. The third-order valence-corrected chi connectivity index (χ3v) is 3.06. The minimum absolute atomic E-state index is 0.0788. The lowest BCUT2D eigenvalue weighted by Crippen LogP contribution is -2.16. The summed E-state index contributed by atoms with van der Waals surface area (Å²) in [6.45, 7) is 5.62. The molecule has 0 aliphatic rings. The summed E-state index contributed by atoms with van der Waals surface area (Å²) in [5, 5.41) is 11.1. The van der Waals surface area contributed by atoms with Gasteiger partial charge in [-0.3, -0.25) is 9.48 Å². The number of carbonyl (C=O) groups excluding carboxylic acids is 1. The zero-order valence-electron chi connectivity index (χ0n) is 12.2. The van der Waals surface area contributed by atoms with Gasteiger partial charge in [0.1, 0.15) is 5.82 Å². The number of anilines is 1. The highest BCUT2D eigenvalue weighted by molar-refractivity contribution is 6.01. The average Bonchev–Trinajstić information content (AvgIpc) is 2.93. The normalized spacial score (nSPS) is 11.0. The van der Waals surface area contributed by atoms with Gasteiger partial charge in [-0.05, 0) is 26.8 Å². The van der Waals surface area contributed by atoms with E-state index in [9.17, 15) is 4.79 Å². The monoisotopic (exact) mass is 285 g/mol. The van der Waals surface area contributed by atoms with Crippen LogP contribution in [0.2, 0.25) is 0 Å². The molecule has 0 bridgehead atoms. The van der Waals surface area contributed by atoms with E-state index in [1.807, 2.05) is 26.8 Å². The first-order valence-electron chi connectivity index (χ1n) is 6.47. The first kappa shape index (κ1) is 13.2. The van der Waals surface area contributed by atoms with Crippen molar-refractivity contribution in [3.8, 4) is 0 Å². The number of nitrogens with zero attached hydrogens (tertiary/aromatic N) is 6. The van der Waals surface area contributed by atoms with Crippen LogP contribution >= 0.6 is 0 Å². The fourth-order valence-corrected chi connectivity index (χ4v) is 2.16. The van der Waals surface area contributed by atoms with Crippen LogP contribution in [0.4, 0.5) is 5.82 Å². The Kier molecular flexibility index (Phi) is 2.93. The van der Waals surface area contributed by atoms with E-state index in [1.165, 1.54) is 0 Å². The molecule has 3 aromatic heterocycles. The molecule has 8 nitrogen and oxygen atoms in total. The number of nitrogens with one attached hydrogen (secondary N) is 1. The molecule has 3 rings (SSSR count). The van der Waals surface area contributed by atoms with Gasteiger partial charge in [0.05, 0.1) is 5.69 Å². The number of hydrogen-bond acceptors (Lipinski definition) is 5. The number of aryl methyl sites for hydroxylation is 4. The van der Waals surface area contributed by atoms with Crippen molar-refractivity contribution < 1.29 is 4.79 Å². The molecule has 0 aliphatic heterocycles. The van der Waals surface area contributed by atoms with Gasteiger partial charge in [0.15, 0.2) is 0 Å². The Morgan fingerprint density at radius 1 is 1.10 bits per heavy atom.